The molecule has 7 heteroatoms. The van der Waals surface area contributed by atoms with Gasteiger partial charge in [-0.3, -0.25) is 20.0 Å². The third-order valence-electron chi connectivity index (χ3n) is 7.74. The van der Waals surface area contributed by atoms with Gasteiger partial charge in [-0.05, 0) is 73.9 Å². The number of hydrogen-bond acceptors (Lipinski definition) is 6. The third kappa shape index (κ3) is 6.39. The minimum absolute atomic E-state index is 0. The van der Waals surface area contributed by atoms with Crippen LogP contribution in [-0.2, 0) is 29.6 Å². The minimum atomic E-state index is -1.63. The molecule has 6 nitrogen and oxygen atoms in total. The number of fused-ring (bicyclic) bond motifs is 2. The van der Waals surface area contributed by atoms with Crippen molar-refractivity contribution in [3.63, 3.8) is 0 Å². The quantitative estimate of drug-likeness (QED) is 0.146. The number of hydrogen-bond donors (Lipinski definition) is 0. The van der Waals surface area contributed by atoms with Gasteiger partial charge in [-0.15, -0.1) is 0 Å². The topological polar surface area (TPSA) is 96.6 Å². The van der Waals surface area contributed by atoms with E-state index >= 15 is 0 Å². The van der Waals surface area contributed by atoms with Gasteiger partial charge in [0.25, 0.3) is 0 Å². The molecular formula is C37H30CoN4O2. The van der Waals surface area contributed by atoms with E-state index < -0.39 is 17.2 Å². The zero-order chi connectivity index (χ0) is 29.8. The second-order valence-corrected chi connectivity index (χ2v) is 10.9. The first kappa shape index (κ1) is 30.6. The molecule has 0 N–H and O–H groups in total. The summed E-state index contributed by atoms with van der Waals surface area (Å²) in [5.41, 5.74) is 4.26. The number of rotatable bonds is 8. The molecule has 0 aliphatic carbocycles. The first-order valence-electron chi connectivity index (χ1n) is 14.2. The summed E-state index contributed by atoms with van der Waals surface area (Å²) in [6.45, 7) is 4.01. The summed E-state index contributed by atoms with van der Waals surface area (Å²) < 4.78 is 0. The summed E-state index contributed by atoms with van der Waals surface area (Å²) in [6.07, 6.45) is 3.60. The van der Waals surface area contributed by atoms with Crippen molar-refractivity contribution in [2.24, 2.45) is 15.4 Å². The van der Waals surface area contributed by atoms with Crippen molar-refractivity contribution in [1.29, 1.82) is 0 Å². The maximum atomic E-state index is 14.6. The van der Waals surface area contributed by atoms with E-state index in [0.717, 1.165) is 33.0 Å². The molecule has 0 amide bonds. The van der Waals surface area contributed by atoms with E-state index in [-0.39, 0.29) is 29.6 Å². The van der Waals surface area contributed by atoms with Crippen molar-refractivity contribution in [2.45, 2.75) is 26.7 Å². The Balaban J connectivity index is 0.00000384. The van der Waals surface area contributed by atoms with Crippen LogP contribution in [0, 0.1) is 19.3 Å². The van der Waals surface area contributed by atoms with Gasteiger partial charge in [0.2, 0.25) is 0 Å². The number of para-hydroxylation sites is 2. The van der Waals surface area contributed by atoms with Gasteiger partial charge in [0.1, 0.15) is 0 Å². The van der Waals surface area contributed by atoms with Crippen LogP contribution in [0.5, 0.6) is 0 Å². The molecule has 0 spiro atoms. The Morgan fingerprint density at radius 1 is 0.568 bits per heavy atom. The minimum Gasteiger partial charge on any atom is -0.861 e. The fourth-order valence-corrected chi connectivity index (χ4v) is 5.35. The maximum absolute atomic E-state index is 14.6. The van der Waals surface area contributed by atoms with Crippen LogP contribution < -0.4 is 10.2 Å². The zero-order valence-corrected chi connectivity index (χ0v) is 25.4. The molecule has 0 aliphatic heterocycles. The molecule has 6 aromatic rings. The van der Waals surface area contributed by atoms with Crippen molar-refractivity contribution in [3.05, 3.63) is 144 Å². The maximum Gasteiger partial charge on any atom is 2.00 e. The molecule has 0 saturated carbocycles. The monoisotopic (exact) mass is 621 g/mol. The number of nitrogens with zero attached hydrogens (tertiary/aromatic N) is 4. The average molecular weight is 622 g/mol. The molecule has 0 aliphatic rings. The molecule has 219 valence electrons. The van der Waals surface area contributed by atoms with E-state index in [1.54, 1.807) is 24.5 Å². The average Bonchev–Trinajstić information content (AvgIpc) is 3.03. The smallest absolute Gasteiger partial charge is 0.861 e. The van der Waals surface area contributed by atoms with Gasteiger partial charge in [-0.25, -0.2) is 0 Å². The second kappa shape index (κ2) is 13.2. The molecular weight excluding hydrogens is 591 g/mol. The molecule has 0 bridgehead atoms. The third-order valence-corrected chi connectivity index (χ3v) is 7.74. The van der Waals surface area contributed by atoms with Crippen LogP contribution in [0.1, 0.15) is 22.3 Å². The second-order valence-electron chi connectivity index (χ2n) is 10.9. The summed E-state index contributed by atoms with van der Waals surface area (Å²) in [4.78, 5) is 18.2. The largest absolute Gasteiger partial charge is 2.00 e. The fourth-order valence-electron chi connectivity index (χ4n) is 5.35. The molecule has 0 unspecified atom stereocenters. The molecule has 4 aromatic carbocycles. The van der Waals surface area contributed by atoms with E-state index in [1.165, 1.54) is 0 Å². The van der Waals surface area contributed by atoms with Gasteiger partial charge >= 0.3 is 16.8 Å². The van der Waals surface area contributed by atoms with Crippen molar-refractivity contribution in [3.8, 4) is 0 Å². The molecule has 0 fully saturated rings. The van der Waals surface area contributed by atoms with Gasteiger partial charge in [0.15, 0.2) is 0 Å². The van der Waals surface area contributed by atoms with Crippen molar-refractivity contribution >= 4 is 45.0 Å². The SMILES string of the molecule is Cc1ccc(CC(Cc2ccc(C)cc2)(C([O-])=Nc2cccc3cccnc23)C([O-])=Nc2cccc3cccnc23)cc1.[Co+2]. The summed E-state index contributed by atoms with van der Waals surface area (Å²) in [7, 11) is 0. The van der Waals surface area contributed by atoms with Crippen LogP contribution >= 0.6 is 0 Å². The predicted octanol–water partition coefficient (Wildman–Crippen LogP) is 6.35. The molecule has 1 radical (unpaired) electrons. The molecule has 2 aromatic heterocycles. The first-order valence-corrected chi connectivity index (χ1v) is 14.2. The Morgan fingerprint density at radius 2 is 0.955 bits per heavy atom. The van der Waals surface area contributed by atoms with E-state index in [4.69, 9.17) is 0 Å². The molecule has 44 heavy (non-hydrogen) atoms. The number of aromatic nitrogens is 2. The summed E-state index contributed by atoms with van der Waals surface area (Å²) in [5.74, 6) is -1.12. The van der Waals surface area contributed by atoms with Crippen LogP contribution in [0.4, 0.5) is 11.4 Å². The summed E-state index contributed by atoms with van der Waals surface area (Å²) in [6, 6.07) is 34.3. The van der Waals surface area contributed by atoms with Gasteiger partial charge in [0, 0.05) is 28.6 Å². The molecule has 0 atom stereocenters. The van der Waals surface area contributed by atoms with Gasteiger partial charge in [-0.2, -0.15) is 0 Å². The van der Waals surface area contributed by atoms with Crippen molar-refractivity contribution in [1.82, 2.24) is 9.97 Å². The summed E-state index contributed by atoms with van der Waals surface area (Å²) in [5, 5.41) is 31.0. The standard InChI is InChI=1S/C37H32N4O2.Co/c1-25-13-17-27(18-14-25)23-37(24-28-19-15-26(2)16-20-28,35(42)40-31-11-3-7-29-9-5-21-38-33(29)31)36(43)41-32-12-4-8-30-10-6-22-39-34(30)32;/h3-22H,23-24H2,1-2H3,(H,40,42)(H,41,43);/q;+2/p-2. The Labute approximate surface area is 267 Å². The van der Waals surface area contributed by atoms with Crippen LogP contribution in [0.3, 0.4) is 0 Å². The van der Waals surface area contributed by atoms with Crippen LogP contribution in [-0.4, -0.2) is 21.8 Å². The van der Waals surface area contributed by atoms with E-state index in [0.29, 0.717) is 22.4 Å². The first-order chi connectivity index (χ1) is 20.9. The van der Waals surface area contributed by atoms with Gasteiger partial charge in [-0.1, -0.05) is 96.1 Å². The Morgan fingerprint density at radius 3 is 1.36 bits per heavy atom. The van der Waals surface area contributed by atoms with Crippen molar-refractivity contribution < 1.29 is 27.0 Å². The van der Waals surface area contributed by atoms with Crippen LogP contribution in [0.15, 0.2) is 132 Å². The Bertz CT molecular complexity index is 1810. The van der Waals surface area contributed by atoms with Gasteiger partial charge < -0.3 is 10.2 Å². The van der Waals surface area contributed by atoms with Crippen LogP contribution in [0.25, 0.3) is 21.8 Å². The summed E-state index contributed by atoms with van der Waals surface area (Å²) >= 11 is 0. The number of pyridine rings is 2. The Hall–Kier alpha value is -4.85. The number of aryl methyl sites for hydroxylation is 2. The Kier molecular flexibility index (Phi) is 9.18. The van der Waals surface area contributed by atoms with E-state index in [1.807, 2.05) is 111 Å². The zero-order valence-electron chi connectivity index (χ0n) is 24.4. The predicted molar refractivity (Wildman–Crippen MR) is 170 cm³/mol. The number of aliphatic imine (C=N–C) groups is 2. The fraction of sp³-hybridized carbons (Fsp3) is 0.135. The molecule has 0 saturated heterocycles. The number of benzene rings is 4. The van der Waals surface area contributed by atoms with Crippen LogP contribution in [0.2, 0.25) is 0 Å². The normalized spacial score (nSPS) is 12.3. The van der Waals surface area contributed by atoms with E-state index in [2.05, 4.69) is 20.0 Å². The van der Waals surface area contributed by atoms with Crippen molar-refractivity contribution in [2.75, 3.05) is 0 Å². The molecule has 6 rings (SSSR count). The van der Waals surface area contributed by atoms with E-state index in [9.17, 15) is 10.2 Å². The molecule has 2 heterocycles. The van der Waals surface area contributed by atoms with Gasteiger partial charge in [0.05, 0.1) is 22.4 Å².